The van der Waals surface area contributed by atoms with Crippen molar-refractivity contribution in [2.75, 3.05) is 13.7 Å². The van der Waals surface area contributed by atoms with Crippen molar-refractivity contribution in [1.29, 1.82) is 0 Å². The molecule has 1 atom stereocenters. The number of carbonyl (C=O) groups excluding carboxylic acids is 1. The minimum absolute atomic E-state index is 0.122. The predicted molar refractivity (Wildman–Crippen MR) is 70.1 cm³/mol. The normalized spacial score (nSPS) is 13.1. The van der Waals surface area contributed by atoms with E-state index < -0.39 is 5.60 Å². The van der Waals surface area contributed by atoms with E-state index in [1.807, 2.05) is 44.2 Å². The van der Waals surface area contributed by atoms with E-state index in [0.29, 0.717) is 0 Å². The van der Waals surface area contributed by atoms with Crippen LogP contribution in [0.15, 0.2) is 30.3 Å². The lowest BCUT2D eigenvalue weighted by Gasteiger charge is -2.24. The van der Waals surface area contributed by atoms with Crippen LogP contribution in [0.4, 0.5) is 0 Å². The maximum Gasteiger partial charge on any atom is 0.223 e. The van der Waals surface area contributed by atoms with Gasteiger partial charge in [0.1, 0.15) is 0 Å². The summed E-state index contributed by atoms with van der Waals surface area (Å²) >= 11 is 0. The second kappa shape index (κ2) is 6.52. The third-order valence-electron chi connectivity index (χ3n) is 2.86. The molecule has 0 heterocycles. The molecule has 0 saturated carbocycles. The van der Waals surface area contributed by atoms with Crippen LogP contribution < -0.4 is 5.32 Å². The number of nitrogens with one attached hydrogen (secondary N) is 1. The van der Waals surface area contributed by atoms with Gasteiger partial charge in [0.05, 0.1) is 24.7 Å². The van der Waals surface area contributed by atoms with Gasteiger partial charge in [-0.3, -0.25) is 4.79 Å². The van der Waals surface area contributed by atoms with E-state index in [2.05, 4.69) is 5.32 Å². The van der Waals surface area contributed by atoms with E-state index in [-0.39, 0.29) is 25.0 Å². The highest BCUT2D eigenvalue weighted by Gasteiger charge is 2.23. The van der Waals surface area contributed by atoms with Gasteiger partial charge in [0, 0.05) is 7.11 Å². The first-order valence-corrected chi connectivity index (χ1v) is 5.99. The largest absolute Gasteiger partial charge is 0.394 e. The number of carbonyl (C=O) groups is 1. The second-order valence-electron chi connectivity index (χ2n) is 4.85. The highest BCUT2D eigenvalue weighted by atomic mass is 16.5. The Balaban J connectivity index is 2.62. The van der Waals surface area contributed by atoms with Crippen molar-refractivity contribution in [3.8, 4) is 0 Å². The van der Waals surface area contributed by atoms with E-state index in [1.165, 1.54) is 0 Å². The standard InChI is InChI=1S/C14H21NO3/c1-14(2,18-3)9-13(17)15-12(10-16)11-7-5-4-6-8-11/h4-8,12,16H,9-10H2,1-3H3,(H,15,17)/t12-/m1/s1. The summed E-state index contributed by atoms with van der Waals surface area (Å²) in [5.41, 5.74) is 0.393. The molecule has 4 nitrogen and oxygen atoms in total. The molecule has 0 aromatic heterocycles. The molecule has 0 aliphatic rings. The number of ether oxygens (including phenoxy) is 1. The van der Waals surface area contributed by atoms with Crippen LogP contribution in [0.25, 0.3) is 0 Å². The van der Waals surface area contributed by atoms with E-state index >= 15 is 0 Å². The molecule has 0 radical (unpaired) electrons. The first-order chi connectivity index (χ1) is 8.48. The van der Waals surface area contributed by atoms with E-state index in [0.717, 1.165) is 5.56 Å². The van der Waals surface area contributed by atoms with Gasteiger partial charge < -0.3 is 15.2 Å². The number of methoxy groups -OCH3 is 1. The Hall–Kier alpha value is -1.39. The number of benzene rings is 1. The number of aliphatic hydroxyl groups is 1. The lowest BCUT2D eigenvalue weighted by Crippen LogP contribution is -2.36. The van der Waals surface area contributed by atoms with Gasteiger partial charge in [-0.25, -0.2) is 0 Å². The number of aliphatic hydroxyl groups excluding tert-OH is 1. The van der Waals surface area contributed by atoms with Gasteiger partial charge in [0.2, 0.25) is 5.91 Å². The summed E-state index contributed by atoms with van der Waals surface area (Å²) in [7, 11) is 1.58. The van der Waals surface area contributed by atoms with Crippen LogP contribution in [-0.4, -0.2) is 30.3 Å². The summed E-state index contributed by atoms with van der Waals surface area (Å²) < 4.78 is 5.21. The first kappa shape index (κ1) is 14.7. The molecular weight excluding hydrogens is 230 g/mol. The summed E-state index contributed by atoms with van der Waals surface area (Å²) in [6.07, 6.45) is 0.257. The molecule has 0 unspecified atom stereocenters. The average Bonchev–Trinajstić information content (AvgIpc) is 2.36. The minimum atomic E-state index is -0.499. The molecule has 4 heteroatoms. The van der Waals surface area contributed by atoms with Crippen molar-refractivity contribution >= 4 is 5.91 Å². The van der Waals surface area contributed by atoms with Crippen molar-refractivity contribution in [2.45, 2.75) is 31.9 Å². The zero-order valence-electron chi connectivity index (χ0n) is 11.1. The first-order valence-electron chi connectivity index (χ1n) is 5.99. The Kier molecular flexibility index (Phi) is 5.31. The summed E-state index contributed by atoms with van der Waals surface area (Å²) in [5, 5.41) is 12.1. The van der Waals surface area contributed by atoms with Crippen molar-refractivity contribution < 1.29 is 14.6 Å². The Morgan fingerprint density at radius 3 is 2.50 bits per heavy atom. The number of hydrogen-bond acceptors (Lipinski definition) is 3. The highest BCUT2D eigenvalue weighted by Crippen LogP contribution is 2.15. The second-order valence-corrected chi connectivity index (χ2v) is 4.85. The molecule has 0 bridgehead atoms. The minimum Gasteiger partial charge on any atom is -0.394 e. The van der Waals surface area contributed by atoms with Crippen LogP contribution in [0.5, 0.6) is 0 Å². The van der Waals surface area contributed by atoms with E-state index in [9.17, 15) is 9.90 Å². The third kappa shape index (κ3) is 4.47. The van der Waals surface area contributed by atoms with Crippen molar-refractivity contribution in [3.63, 3.8) is 0 Å². The highest BCUT2D eigenvalue weighted by molar-refractivity contribution is 5.77. The molecule has 1 rings (SSSR count). The maximum absolute atomic E-state index is 11.9. The molecule has 0 spiro atoms. The summed E-state index contributed by atoms with van der Waals surface area (Å²) in [6, 6.07) is 9.04. The maximum atomic E-state index is 11.9. The fourth-order valence-electron chi connectivity index (χ4n) is 1.62. The van der Waals surface area contributed by atoms with Gasteiger partial charge in [-0.15, -0.1) is 0 Å². The van der Waals surface area contributed by atoms with E-state index in [1.54, 1.807) is 7.11 Å². The number of hydrogen-bond donors (Lipinski definition) is 2. The monoisotopic (exact) mass is 251 g/mol. The Morgan fingerprint density at radius 1 is 1.39 bits per heavy atom. The molecule has 2 N–H and O–H groups in total. The quantitative estimate of drug-likeness (QED) is 0.808. The van der Waals surface area contributed by atoms with Gasteiger partial charge in [0.25, 0.3) is 0 Å². The topological polar surface area (TPSA) is 58.6 Å². The third-order valence-corrected chi connectivity index (χ3v) is 2.86. The van der Waals surface area contributed by atoms with Gasteiger partial charge >= 0.3 is 0 Å². The van der Waals surface area contributed by atoms with Gasteiger partial charge in [-0.2, -0.15) is 0 Å². The molecule has 18 heavy (non-hydrogen) atoms. The van der Waals surface area contributed by atoms with Crippen LogP contribution in [0.2, 0.25) is 0 Å². The molecule has 100 valence electrons. The van der Waals surface area contributed by atoms with Crippen LogP contribution >= 0.6 is 0 Å². The van der Waals surface area contributed by atoms with Crippen LogP contribution in [-0.2, 0) is 9.53 Å². The Labute approximate surface area is 108 Å². The fraction of sp³-hybridized carbons (Fsp3) is 0.500. The SMILES string of the molecule is COC(C)(C)CC(=O)N[C@H](CO)c1ccccc1. The smallest absolute Gasteiger partial charge is 0.223 e. The van der Waals surface area contributed by atoms with E-state index in [4.69, 9.17) is 4.74 Å². The van der Waals surface area contributed by atoms with Gasteiger partial charge in [-0.05, 0) is 19.4 Å². The lowest BCUT2D eigenvalue weighted by molar-refractivity contribution is -0.127. The molecule has 0 aliphatic carbocycles. The van der Waals surface area contributed by atoms with Crippen molar-refractivity contribution in [3.05, 3.63) is 35.9 Å². The fourth-order valence-corrected chi connectivity index (χ4v) is 1.62. The van der Waals surface area contributed by atoms with Crippen molar-refractivity contribution in [2.24, 2.45) is 0 Å². The van der Waals surface area contributed by atoms with Crippen LogP contribution in [0.1, 0.15) is 31.9 Å². The van der Waals surface area contributed by atoms with Gasteiger partial charge in [-0.1, -0.05) is 30.3 Å². The molecule has 1 aromatic rings. The molecule has 0 saturated heterocycles. The Bertz CT molecular complexity index is 376. The Morgan fingerprint density at radius 2 is 2.00 bits per heavy atom. The van der Waals surface area contributed by atoms with Crippen LogP contribution in [0, 0.1) is 0 Å². The summed E-state index contributed by atoms with van der Waals surface area (Å²) in [4.78, 5) is 11.9. The van der Waals surface area contributed by atoms with Crippen LogP contribution in [0.3, 0.4) is 0 Å². The van der Waals surface area contributed by atoms with Crippen molar-refractivity contribution in [1.82, 2.24) is 5.32 Å². The zero-order chi connectivity index (χ0) is 13.6. The summed E-state index contributed by atoms with van der Waals surface area (Å²) in [6.45, 7) is 3.58. The lowest BCUT2D eigenvalue weighted by atomic mass is 10.0. The molecule has 1 amide bonds. The zero-order valence-corrected chi connectivity index (χ0v) is 11.1. The van der Waals surface area contributed by atoms with Gasteiger partial charge in [0.15, 0.2) is 0 Å². The molecule has 0 aliphatic heterocycles. The number of amides is 1. The summed E-state index contributed by atoms with van der Waals surface area (Å²) in [5.74, 6) is -0.134. The predicted octanol–water partition coefficient (Wildman–Crippen LogP) is 1.65. The molecular formula is C14H21NO3. The number of rotatable bonds is 6. The average molecular weight is 251 g/mol. The molecule has 1 aromatic carbocycles. The molecule has 0 fully saturated rings.